The lowest BCUT2D eigenvalue weighted by Gasteiger charge is -2.08. The molecule has 4 aromatic rings. The molecule has 0 aliphatic rings. The summed E-state index contributed by atoms with van der Waals surface area (Å²) in [6.45, 7) is 1.10. The van der Waals surface area contributed by atoms with Gasteiger partial charge in [-0.25, -0.2) is 9.67 Å². The highest BCUT2D eigenvalue weighted by atomic mass is 79.9. The highest BCUT2D eigenvalue weighted by molar-refractivity contribution is 9.10. The lowest BCUT2D eigenvalue weighted by atomic mass is 10.2. The van der Waals surface area contributed by atoms with Crippen molar-refractivity contribution in [3.8, 4) is 5.75 Å². The molecular weight excluding hydrogens is 462 g/mol. The van der Waals surface area contributed by atoms with Gasteiger partial charge in [0.1, 0.15) is 17.5 Å². The van der Waals surface area contributed by atoms with Crippen LogP contribution in [0.5, 0.6) is 5.75 Å². The summed E-state index contributed by atoms with van der Waals surface area (Å²) in [6, 6.07) is 16.9. The number of benzene rings is 2. The number of carbonyl (C=O) groups is 1. The summed E-state index contributed by atoms with van der Waals surface area (Å²) in [6.07, 6.45) is 3.04. The van der Waals surface area contributed by atoms with Gasteiger partial charge in [0.25, 0.3) is 11.5 Å². The summed E-state index contributed by atoms with van der Waals surface area (Å²) in [5.74, 6) is 0.407. The smallest absolute Gasteiger partial charge is 0.264 e. The Labute approximate surface area is 186 Å². The summed E-state index contributed by atoms with van der Waals surface area (Å²) in [5, 5.41) is 7.48. The summed E-state index contributed by atoms with van der Waals surface area (Å²) in [4.78, 5) is 29.2. The molecule has 8 nitrogen and oxygen atoms in total. The normalized spacial score (nSPS) is 10.9. The minimum atomic E-state index is -0.231. The maximum absolute atomic E-state index is 12.8. The number of nitrogens with one attached hydrogen (secondary N) is 1. The van der Waals surface area contributed by atoms with Crippen LogP contribution in [0.4, 0.5) is 0 Å². The third kappa shape index (κ3) is 5.18. The number of hydrogen-bond donors (Lipinski definition) is 1. The summed E-state index contributed by atoms with van der Waals surface area (Å²) < 4.78 is 9.57. The monoisotopic (exact) mass is 481 g/mol. The van der Waals surface area contributed by atoms with E-state index in [0.717, 1.165) is 10.0 Å². The maximum Gasteiger partial charge on any atom is 0.264 e. The minimum absolute atomic E-state index is 0.0666. The molecule has 0 bridgehead atoms. The fraction of sp³-hybridized carbons (Fsp3) is 0.182. The zero-order valence-electron chi connectivity index (χ0n) is 16.6. The molecule has 0 unspecified atom stereocenters. The molecule has 0 aliphatic carbocycles. The second-order valence-electron chi connectivity index (χ2n) is 6.86. The first-order valence-electron chi connectivity index (χ1n) is 9.70. The first kappa shape index (κ1) is 20.8. The van der Waals surface area contributed by atoms with Crippen LogP contribution < -0.4 is 15.6 Å². The average molecular weight is 482 g/mol. The van der Waals surface area contributed by atoms with Crippen molar-refractivity contribution in [1.82, 2.24) is 24.6 Å². The molecule has 4 rings (SSSR count). The Balaban J connectivity index is 1.35. The number of fused-ring (bicyclic) bond motifs is 1. The summed E-state index contributed by atoms with van der Waals surface area (Å²) in [5.41, 5.74) is 1.34. The standard InChI is InChI=1S/C22H20BrN5O3/c23-17-8-6-16(7-9-17)13-27-15-25-21-19(22(27)30)12-26-28(21)11-10-24-20(29)14-31-18-4-2-1-3-5-18/h1-9,12,15H,10-11,13-14H2,(H,24,29). The molecular formula is C22H20BrN5O3. The molecule has 1 N–H and O–H groups in total. The Kier molecular flexibility index (Phi) is 6.42. The largest absolute Gasteiger partial charge is 0.484 e. The van der Waals surface area contributed by atoms with Crippen LogP contribution in [-0.4, -0.2) is 38.4 Å². The Bertz CT molecular complexity index is 1240. The molecule has 158 valence electrons. The van der Waals surface area contributed by atoms with Crippen molar-refractivity contribution in [2.24, 2.45) is 0 Å². The van der Waals surface area contributed by atoms with Crippen LogP contribution >= 0.6 is 15.9 Å². The topological polar surface area (TPSA) is 91.0 Å². The first-order chi connectivity index (χ1) is 15.1. The van der Waals surface area contributed by atoms with E-state index >= 15 is 0 Å². The maximum atomic E-state index is 12.8. The van der Waals surface area contributed by atoms with Crippen molar-refractivity contribution in [2.45, 2.75) is 13.1 Å². The second-order valence-corrected chi connectivity index (χ2v) is 7.78. The Hall–Kier alpha value is -3.46. The third-order valence-corrected chi connectivity index (χ3v) is 5.18. The molecule has 2 heterocycles. The number of carbonyl (C=O) groups excluding carboxylic acids is 1. The molecule has 0 aliphatic heterocycles. The number of para-hydroxylation sites is 1. The number of ether oxygens (including phenoxy) is 1. The number of amides is 1. The van der Waals surface area contributed by atoms with Crippen molar-refractivity contribution in [3.05, 3.63) is 87.5 Å². The number of rotatable bonds is 8. The quantitative estimate of drug-likeness (QED) is 0.417. The minimum Gasteiger partial charge on any atom is -0.484 e. The van der Waals surface area contributed by atoms with Gasteiger partial charge in [-0.15, -0.1) is 0 Å². The predicted octanol–water partition coefficient (Wildman–Crippen LogP) is 2.60. The van der Waals surface area contributed by atoms with Crippen LogP contribution in [0, 0.1) is 0 Å². The average Bonchev–Trinajstić information content (AvgIpc) is 3.20. The molecule has 31 heavy (non-hydrogen) atoms. The molecule has 0 saturated carbocycles. The van der Waals surface area contributed by atoms with Gasteiger partial charge in [0.15, 0.2) is 12.3 Å². The first-order valence-corrected chi connectivity index (χ1v) is 10.5. The molecule has 0 spiro atoms. The van der Waals surface area contributed by atoms with Crippen molar-refractivity contribution >= 4 is 32.9 Å². The van der Waals surface area contributed by atoms with Gasteiger partial charge < -0.3 is 10.1 Å². The van der Waals surface area contributed by atoms with E-state index in [4.69, 9.17) is 4.74 Å². The molecule has 0 saturated heterocycles. The second kappa shape index (κ2) is 9.57. The van der Waals surface area contributed by atoms with E-state index in [9.17, 15) is 9.59 Å². The Morgan fingerprint density at radius 3 is 2.65 bits per heavy atom. The molecule has 0 radical (unpaired) electrons. The number of halogens is 1. The fourth-order valence-corrected chi connectivity index (χ4v) is 3.34. The molecule has 9 heteroatoms. The van der Waals surface area contributed by atoms with E-state index in [1.54, 1.807) is 21.4 Å². The third-order valence-electron chi connectivity index (χ3n) is 4.65. The van der Waals surface area contributed by atoms with E-state index in [-0.39, 0.29) is 18.1 Å². The van der Waals surface area contributed by atoms with Gasteiger partial charge in [-0.3, -0.25) is 14.2 Å². The van der Waals surface area contributed by atoms with Gasteiger partial charge in [0, 0.05) is 11.0 Å². The zero-order chi connectivity index (χ0) is 21.6. The lowest BCUT2D eigenvalue weighted by Crippen LogP contribution is -2.31. The Morgan fingerprint density at radius 1 is 1.10 bits per heavy atom. The molecule has 2 aromatic carbocycles. The lowest BCUT2D eigenvalue weighted by molar-refractivity contribution is -0.123. The van der Waals surface area contributed by atoms with Crippen molar-refractivity contribution in [2.75, 3.05) is 13.2 Å². The van der Waals surface area contributed by atoms with E-state index in [1.165, 1.54) is 12.5 Å². The number of aromatic nitrogens is 4. The van der Waals surface area contributed by atoms with Gasteiger partial charge >= 0.3 is 0 Å². The van der Waals surface area contributed by atoms with Crippen LogP contribution in [0.15, 0.2) is 76.4 Å². The highest BCUT2D eigenvalue weighted by Crippen LogP contribution is 2.12. The van der Waals surface area contributed by atoms with Gasteiger partial charge in [0.05, 0.1) is 19.3 Å². The molecule has 2 aromatic heterocycles. The summed E-state index contributed by atoms with van der Waals surface area (Å²) in [7, 11) is 0. The fourth-order valence-electron chi connectivity index (χ4n) is 3.08. The van der Waals surface area contributed by atoms with E-state index in [2.05, 4.69) is 31.3 Å². The van der Waals surface area contributed by atoms with Crippen LogP contribution in [0.1, 0.15) is 5.56 Å². The SMILES string of the molecule is O=C(COc1ccccc1)NCCn1ncc2c(=O)n(Cc3ccc(Br)cc3)cnc21. The van der Waals surface area contributed by atoms with Crippen molar-refractivity contribution in [3.63, 3.8) is 0 Å². The van der Waals surface area contributed by atoms with Gasteiger partial charge in [-0.05, 0) is 29.8 Å². The van der Waals surface area contributed by atoms with Gasteiger partial charge in [-0.2, -0.15) is 5.10 Å². The van der Waals surface area contributed by atoms with Crippen molar-refractivity contribution in [1.29, 1.82) is 0 Å². The molecule has 0 fully saturated rings. The number of nitrogens with zero attached hydrogens (tertiary/aromatic N) is 4. The summed E-state index contributed by atoms with van der Waals surface area (Å²) >= 11 is 3.40. The highest BCUT2D eigenvalue weighted by Gasteiger charge is 2.11. The predicted molar refractivity (Wildman–Crippen MR) is 120 cm³/mol. The van der Waals surface area contributed by atoms with Gasteiger partial charge in [0.2, 0.25) is 0 Å². The van der Waals surface area contributed by atoms with E-state index in [1.807, 2.05) is 42.5 Å². The van der Waals surface area contributed by atoms with Crippen LogP contribution in [-0.2, 0) is 17.9 Å². The van der Waals surface area contributed by atoms with Crippen LogP contribution in [0.3, 0.4) is 0 Å². The van der Waals surface area contributed by atoms with E-state index < -0.39 is 0 Å². The molecule has 1 amide bonds. The van der Waals surface area contributed by atoms with Gasteiger partial charge in [-0.1, -0.05) is 46.3 Å². The number of hydrogen-bond acceptors (Lipinski definition) is 5. The van der Waals surface area contributed by atoms with Crippen molar-refractivity contribution < 1.29 is 9.53 Å². The van der Waals surface area contributed by atoms with Crippen LogP contribution in [0.25, 0.3) is 11.0 Å². The van der Waals surface area contributed by atoms with Crippen LogP contribution in [0.2, 0.25) is 0 Å². The Morgan fingerprint density at radius 2 is 1.87 bits per heavy atom. The van der Waals surface area contributed by atoms with E-state index in [0.29, 0.717) is 36.4 Å². The molecule has 0 atom stereocenters. The zero-order valence-corrected chi connectivity index (χ0v) is 18.2.